The Hall–Kier alpha value is -2.82. The molecule has 1 atom stereocenters. The highest BCUT2D eigenvalue weighted by Crippen LogP contribution is 2.32. The van der Waals surface area contributed by atoms with Gasteiger partial charge in [-0.05, 0) is 49.2 Å². The third-order valence-corrected chi connectivity index (χ3v) is 4.16. The van der Waals surface area contributed by atoms with Crippen molar-refractivity contribution < 1.29 is 14.3 Å². The van der Waals surface area contributed by atoms with Crippen molar-refractivity contribution in [2.45, 2.75) is 25.8 Å². The molecule has 0 aromatic heterocycles. The number of benzene rings is 2. The summed E-state index contributed by atoms with van der Waals surface area (Å²) < 4.78 is 5.08. The van der Waals surface area contributed by atoms with Gasteiger partial charge in [0.1, 0.15) is 12.2 Å². The van der Waals surface area contributed by atoms with E-state index in [1.807, 2.05) is 31.2 Å². The minimum absolute atomic E-state index is 0.0729. The minimum atomic E-state index is -0.318. The summed E-state index contributed by atoms with van der Waals surface area (Å²) in [6, 6.07) is 14.9. The number of hydrogen-bond acceptors (Lipinski definition) is 3. The summed E-state index contributed by atoms with van der Waals surface area (Å²) in [6.07, 6.45) is 0.646. The molecule has 3 rings (SSSR count). The Morgan fingerprint density at radius 2 is 1.88 bits per heavy atom. The fraction of sp³-hybridized carbons (Fsp3) is 0.263. The van der Waals surface area contributed by atoms with Crippen LogP contribution in [-0.2, 0) is 16.0 Å². The zero-order valence-electron chi connectivity index (χ0n) is 13.8. The first-order valence-electron chi connectivity index (χ1n) is 7.92. The molecule has 124 valence electrons. The normalized spacial score (nSPS) is 15.8. The highest BCUT2D eigenvalue weighted by Gasteiger charge is 2.31. The predicted octanol–water partition coefficient (Wildman–Crippen LogP) is 3.00. The van der Waals surface area contributed by atoms with Crippen LogP contribution < -0.4 is 15.0 Å². The van der Waals surface area contributed by atoms with Gasteiger partial charge in [-0.1, -0.05) is 18.2 Å². The lowest BCUT2D eigenvalue weighted by atomic mass is 10.1. The van der Waals surface area contributed by atoms with Crippen molar-refractivity contribution >= 4 is 23.2 Å². The second kappa shape index (κ2) is 6.74. The molecule has 1 aliphatic heterocycles. The smallest absolute Gasteiger partial charge is 0.236 e. The number of fused-ring (bicyclic) bond motifs is 1. The van der Waals surface area contributed by atoms with Crippen LogP contribution in [0.2, 0.25) is 0 Å². The summed E-state index contributed by atoms with van der Waals surface area (Å²) in [6.45, 7) is 2.00. The number of methoxy groups -OCH3 is 1. The van der Waals surface area contributed by atoms with Crippen LogP contribution in [0.3, 0.4) is 0 Å². The minimum Gasteiger partial charge on any atom is -0.497 e. The van der Waals surface area contributed by atoms with E-state index in [1.165, 1.54) is 0 Å². The Morgan fingerprint density at radius 3 is 2.58 bits per heavy atom. The second-order valence-electron chi connectivity index (χ2n) is 5.90. The van der Waals surface area contributed by atoms with Gasteiger partial charge in [-0.25, -0.2) is 0 Å². The average molecular weight is 324 g/mol. The van der Waals surface area contributed by atoms with Crippen LogP contribution >= 0.6 is 0 Å². The van der Waals surface area contributed by atoms with Crippen LogP contribution in [0.15, 0.2) is 48.5 Å². The summed E-state index contributed by atoms with van der Waals surface area (Å²) in [5.74, 6) is 0.215. The molecule has 0 bridgehead atoms. The Labute approximate surface area is 141 Å². The van der Waals surface area contributed by atoms with Crippen molar-refractivity contribution in [3.8, 4) is 5.75 Å². The highest BCUT2D eigenvalue weighted by molar-refractivity contribution is 6.10. The molecule has 0 spiro atoms. The summed E-state index contributed by atoms with van der Waals surface area (Å²) in [4.78, 5) is 26.5. The van der Waals surface area contributed by atoms with Crippen LogP contribution in [0, 0.1) is 0 Å². The molecule has 1 heterocycles. The van der Waals surface area contributed by atoms with E-state index in [9.17, 15) is 9.59 Å². The Kier molecular flexibility index (Phi) is 4.51. The number of nitrogens with zero attached hydrogens (tertiary/aromatic N) is 1. The molecule has 24 heavy (non-hydrogen) atoms. The van der Waals surface area contributed by atoms with Crippen LogP contribution in [0.5, 0.6) is 5.75 Å². The lowest BCUT2D eigenvalue weighted by molar-refractivity contribution is -0.125. The number of anilines is 2. The lowest BCUT2D eigenvalue weighted by Crippen LogP contribution is -2.37. The van der Waals surface area contributed by atoms with E-state index >= 15 is 0 Å². The van der Waals surface area contributed by atoms with Crippen molar-refractivity contribution in [2.75, 3.05) is 17.3 Å². The SMILES string of the molecule is COc1ccc(NC(=O)CC(=O)N2c3ccccc3CC2C)cc1. The molecule has 1 N–H and O–H groups in total. The van der Waals surface area contributed by atoms with E-state index in [0.29, 0.717) is 11.4 Å². The molecule has 1 aliphatic rings. The summed E-state index contributed by atoms with van der Waals surface area (Å²) in [5.41, 5.74) is 2.70. The molecule has 2 amide bonds. The number of ether oxygens (including phenoxy) is 1. The maximum atomic E-state index is 12.6. The predicted molar refractivity (Wildman–Crippen MR) is 93.3 cm³/mol. The van der Waals surface area contributed by atoms with Crippen molar-refractivity contribution in [3.63, 3.8) is 0 Å². The largest absolute Gasteiger partial charge is 0.497 e. The van der Waals surface area contributed by atoms with Crippen LogP contribution in [0.1, 0.15) is 18.9 Å². The average Bonchev–Trinajstić information content (AvgIpc) is 2.91. The van der Waals surface area contributed by atoms with E-state index in [2.05, 4.69) is 5.32 Å². The molecule has 0 radical (unpaired) electrons. The Balaban J connectivity index is 1.65. The summed E-state index contributed by atoms with van der Waals surface area (Å²) in [7, 11) is 1.58. The maximum Gasteiger partial charge on any atom is 0.236 e. The number of carbonyl (C=O) groups excluding carboxylic acids is 2. The van der Waals surface area contributed by atoms with Gasteiger partial charge in [-0.2, -0.15) is 0 Å². The Morgan fingerprint density at radius 1 is 1.17 bits per heavy atom. The standard InChI is InChI=1S/C19H20N2O3/c1-13-11-14-5-3-4-6-17(14)21(13)19(23)12-18(22)20-15-7-9-16(24-2)10-8-15/h3-10,13H,11-12H2,1-2H3,(H,20,22). The van der Waals surface area contributed by atoms with E-state index in [4.69, 9.17) is 4.74 Å². The van der Waals surface area contributed by atoms with Crippen molar-refractivity contribution in [3.05, 3.63) is 54.1 Å². The van der Waals surface area contributed by atoms with Gasteiger partial charge in [-0.15, -0.1) is 0 Å². The molecular formula is C19H20N2O3. The van der Waals surface area contributed by atoms with Crippen molar-refractivity contribution in [1.82, 2.24) is 0 Å². The first kappa shape index (κ1) is 16.1. The lowest BCUT2D eigenvalue weighted by Gasteiger charge is -2.22. The number of rotatable bonds is 4. The second-order valence-corrected chi connectivity index (χ2v) is 5.90. The maximum absolute atomic E-state index is 12.6. The first-order chi connectivity index (χ1) is 11.6. The molecule has 0 fully saturated rings. The topological polar surface area (TPSA) is 58.6 Å². The zero-order valence-corrected chi connectivity index (χ0v) is 13.8. The van der Waals surface area contributed by atoms with Crippen molar-refractivity contribution in [2.24, 2.45) is 0 Å². The van der Waals surface area contributed by atoms with Gasteiger partial charge in [0.2, 0.25) is 11.8 Å². The third-order valence-electron chi connectivity index (χ3n) is 4.16. The van der Waals surface area contributed by atoms with E-state index < -0.39 is 0 Å². The van der Waals surface area contributed by atoms with Crippen LogP contribution in [0.4, 0.5) is 11.4 Å². The van der Waals surface area contributed by atoms with E-state index in [0.717, 1.165) is 17.7 Å². The molecule has 0 aliphatic carbocycles. The molecule has 2 aromatic rings. The number of carbonyl (C=O) groups is 2. The third kappa shape index (κ3) is 3.25. The van der Waals surface area contributed by atoms with Crippen LogP contribution in [-0.4, -0.2) is 25.0 Å². The van der Waals surface area contributed by atoms with E-state index in [1.54, 1.807) is 36.3 Å². The molecule has 0 saturated heterocycles. The van der Waals surface area contributed by atoms with Gasteiger partial charge in [0, 0.05) is 17.4 Å². The molecule has 1 unspecified atom stereocenters. The first-order valence-corrected chi connectivity index (χ1v) is 7.92. The van der Waals surface area contributed by atoms with Gasteiger partial charge in [0.15, 0.2) is 0 Å². The van der Waals surface area contributed by atoms with Gasteiger partial charge in [-0.3, -0.25) is 9.59 Å². The molecule has 2 aromatic carbocycles. The zero-order chi connectivity index (χ0) is 17.1. The number of amides is 2. The molecular weight excluding hydrogens is 304 g/mol. The summed E-state index contributed by atoms with van der Waals surface area (Å²) in [5, 5.41) is 2.74. The monoisotopic (exact) mass is 324 g/mol. The summed E-state index contributed by atoms with van der Waals surface area (Å²) >= 11 is 0. The van der Waals surface area contributed by atoms with Crippen LogP contribution in [0.25, 0.3) is 0 Å². The quantitative estimate of drug-likeness (QED) is 0.880. The molecule has 0 saturated carbocycles. The highest BCUT2D eigenvalue weighted by atomic mass is 16.5. The van der Waals surface area contributed by atoms with E-state index in [-0.39, 0.29) is 24.3 Å². The van der Waals surface area contributed by atoms with Gasteiger partial charge in [0.05, 0.1) is 7.11 Å². The van der Waals surface area contributed by atoms with Crippen molar-refractivity contribution in [1.29, 1.82) is 0 Å². The molecule has 5 nitrogen and oxygen atoms in total. The fourth-order valence-corrected chi connectivity index (χ4v) is 3.05. The number of hydrogen-bond donors (Lipinski definition) is 1. The molecule has 5 heteroatoms. The van der Waals surface area contributed by atoms with Gasteiger partial charge in [0.25, 0.3) is 0 Å². The van der Waals surface area contributed by atoms with Gasteiger partial charge < -0.3 is 15.0 Å². The number of para-hydroxylation sites is 1. The number of nitrogens with one attached hydrogen (secondary N) is 1. The fourth-order valence-electron chi connectivity index (χ4n) is 3.05. The van der Waals surface area contributed by atoms with Gasteiger partial charge >= 0.3 is 0 Å². The Bertz CT molecular complexity index is 755.